The predicted octanol–water partition coefficient (Wildman–Crippen LogP) is 4.11. The average molecular weight is 509 g/mol. The van der Waals surface area contributed by atoms with Crippen molar-refractivity contribution in [3.05, 3.63) is 66.0 Å². The lowest BCUT2D eigenvalue weighted by Crippen LogP contribution is -2.51. The third-order valence-corrected chi connectivity index (χ3v) is 8.22. The molecule has 1 aliphatic rings. The maximum absolute atomic E-state index is 13.5. The Balaban J connectivity index is 1.57. The lowest BCUT2D eigenvalue weighted by atomic mass is 9.94. The van der Waals surface area contributed by atoms with Crippen LogP contribution in [0.5, 0.6) is 0 Å². The van der Waals surface area contributed by atoms with Gasteiger partial charge in [-0.1, -0.05) is 44.2 Å². The van der Waals surface area contributed by atoms with E-state index in [1.807, 2.05) is 31.7 Å². The smallest absolute Gasteiger partial charge is 0.274 e. The lowest BCUT2D eigenvalue weighted by Gasteiger charge is -2.37. The van der Waals surface area contributed by atoms with Gasteiger partial charge in [-0.25, -0.2) is 13.1 Å². The SMILES string of the molecule is CCCC(=O)N1CC[C@@H](NS(=O)(=O)c2ccc(NC(=O)c3ncccc3C)c3ccccc23)[C@@H](C)C1. The molecule has 0 aliphatic carbocycles. The second kappa shape index (κ2) is 10.8. The zero-order valence-electron chi connectivity index (χ0n) is 20.8. The van der Waals surface area contributed by atoms with Crippen LogP contribution in [-0.4, -0.2) is 49.2 Å². The van der Waals surface area contributed by atoms with Crippen LogP contribution in [0, 0.1) is 12.8 Å². The lowest BCUT2D eigenvalue weighted by molar-refractivity contribution is -0.133. The molecule has 36 heavy (non-hydrogen) atoms. The number of sulfonamides is 1. The van der Waals surface area contributed by atoms with Crippen molar-refractivity contribution >= 4 is 38.3 Å². The van der Waals surface area contributed by atoms with Gasteiger partial charge in [0.2, 0.25) is 15.9 Å². The van der Waals surface area contributed by atoms with Crippen LogP contribution in [-0.2, 0) is 14.8 Å². The van der Waals surface area contributed by atoms with Gasteiger partial charge in [0.1, 0.15) is 5.69 Å². The molecule has 1 saturated heterocycles. The van der Waals surface area contributed by atoms with Crippen LogP contribution in [0.15, 0.2) is 59.6 Å². The molecule has 2 atom stereocenters. The first-order valence-corrected chi connectivity index (χ1v) is 13.7. The minimum Gasteiger partial charge on any atom is -0.342 e. The average Bonchev–Trinajstić information content (AvgIpc) is 2.85. The molecular formula is C27H32N4O4S. The number of fused-ring (bicyclic) bond motifs is 1. The molecule has 0 saturated carbocycles. The second-order valence-corrected chi connectivity index (χ2v) is 11.0. The fourth-order valence-electron chi connectivity index (χ4n) is 4.70. The highest BCUT2D eigenvalue weighted by Gasteiger charge is 2.32. The maximum Gasteiger partial charge on any atom is 0.274 e. The molecule has 1 fully saturated rings. The summed E-state index contributed by atoms with van der Waals surface area (Å²) in [5.74, 6) is -0.249. The first kappa shape index (κ1) is 25.8. The molecule has 2 amide bonds. The zero-order valence-corrected chi connectivity index (χ0v) is 21.6. The zero-order chi connectivity index (χ0) is 25.9. The maximum atomic E-state index is 13.5. The minimum absolute atomic E-state index is 0.0132. The van der Waals surface area contributed by atoms with Gasteiger partial charge in [0.05, 0.1) is 4.90 Å². The molecule has 190 valence electrons. The number of rotatable bonds is 7. The molecule has 4 rings (SSSR count). The molecule has 3 aromatic rings. The van der Waals surface area contributed by atoms with Gasteiger partial charge in [0.25, 0.3) is 5.91 Å². The molecular weight excluding hydrogens is 476 g/mol. The van der Waals surface area contributed by atoms with Gasteiger partial charge in [-0.15, -0.1) is 0 Å². The summed E-state index contributed by atoms with van der Waals surface area (Å²) in [6, 6.07) is 13.5. The quantitative estimate of drug-likeness (QED) is 0.499. The molecule has 2 N–H and O–H groups in total. The van der Waals surface area contributed by atoms with E-state index in [0.717, 1.165) is 12.0 Å². The summed E-state index contributed by atoms with van der Waals surface area (Å²) < 4.78 is 29.9. The highest BCUT2D eigenvalue weighted by molar-refractivity contribution is 7.89. The number of piperidine rings is 1. The van der Waals surface area contributed by atoms with Crippen LogP contribution in [0.4, 0.5) is 5.69 Å². The Hall–Kier alpha value is -3.30. The van der Waals surface area contributed by atoms with E-state index in [1.165, 1.54) is 6.07 Å². The summed E-state index contributed by atoms with van der Waals surface area (Å²) in [4.78, 5) is 31.3. The van der Waals surface area contributed by atoms with Crippen molar-refractivity contribution in [3.63, 3.8) is 0 Å². The number of carbonyl (C=O) groups is 2. The molecule has 0 radical (unpaired) electrons. The molecule has 9 heteroatoms. The van der Waals surface area contributed by atoms with Crippen molar-refractivity contribution in [3.8, 4) is 0 Å². The van der Waals surface area contributed by atoms with Crippen molar-refractivity contribution in [2.45, 2.75) is 51.0 Å². The summed E-state index contributed by atoms with van der Waals surface area (Å²) in [6.07, 6.45) is 3.43. The minimum atomic E-state index is -3.85. The summed E-state index contributed by atoms with van der Waals surface area (Å²) in [5, 5.41) is 4.02. The van der Waals surface area contributed by atoms with Crippen molar-refractivity contribution in [2.75, 3.05) is 18.4 Å². The van der Waals surface area contributed by atoms with Crippen molar-refractivity contribution < 1.29 is 18.0 Å². The van der Waals surface area contributed by atoms with Gasteiger partial charge in [-0.3, -0.25) is 14.6 Å². The summed E-state index contributed by atoms with van der Waals surface area (Å²) in [6.45, 7) is 6.82. The molecule has 0 unspecified atom stereocenters. The largest absolute Gasteiger partial charge is 0.342 e. The number of aromatic nitrogens is 1. The molecule has 0 spiro atoms. The molecule has 1 aliphatic heterocycles. The number of nitrogens with zero attached hydrogens (tertiary/aromatic N) is 2. The molecule has 1 aromatic heterocycles. The number of amides is 2. The Kier molecular flexibility index (Phi) is 7.70. The monoisotopic (exact) mass is 508 g/mol. The Labute approximate surface area is 212 Å². The van der Waals surface area contributed by atoms with E-state index >= 15 is 0 Å². The highest BCUT2D eigenvalue weighted by atomic mass is 32.2. The number of hydrogen-bond donors (Lipinski definition) is 2. The van der Waals surface area contributed by atoms with Crippen LogP contribution in [0.1, 0.15) is 49.2 Å². The molecule has 2 aromatic carbocycles. The van der Waals surface area contributed by atoms with Crippen LogP contribution in [0.3, 0.4) is 0 Å². The predicted molar refractivity (Wildman–Crippen MR) is 140 cm³/mol. The Morgan fingerprint density at radius 2 is 1.83 bits per heavy atom. The molecule has 8 nitrogen and oxygen atoms in total. The van der Waals surface area contributed by atoms with Gasteiger partial charge in [0, 0.05) is 48.2 Å². The van der Waals surface area contributed by atoms with Crippen molar-refractivity contribution in [1.82, 2.24) is 14.6 Å². The van der Waals surface area contributed by atoms with Crippen molar-refractivity contribution in [2.24, 2.45) is 5.92 Å². The van der Waals surface area contributed by atoms with Gasteiger partial charge in [-0.2, -0.15) is 0 Å². The fourth-order valence-corrected chi connectivity index (χ4v) is 6.29. The van der Waals surface area contributed by atoms with Gasteiger partial charge >= 0.3 is 0 Å². The highest BCUT2D eigenvalue weighted by Crippen LogP contribution is 2.31. The summed E-state index contributed by atoms with van der Waals surface area (Å²) in [7, 11) is -3.85. The summed E-state index contributed by atoms with van der Waals surface area (Å²) >= 11 is 0. The number of likely N-dealkylation sites (tertiary alicyclic amines) is 1. The van der Waals surface area contributed by atoms with E-state index < -0.39 is 10.0 Å². The summed E-state index contributed by atoms with van der Waals surface area (Å²) in [5.41, 5.74) is 1.58. The third-order valence-electron chi connectivity index (χ3n) is 6.67. The van der Waals surface area contributed by atoms with Crippen LogP contribution >= 0.6 is 0 Å². The number of pyridine rings is 1. The van der Waals surface area contributed by atoms with E-state index in [0.29, 0.717) is 48.1 Å². The van der Waals surface area contributed by atoms with Crippen molar-refractivity contribution in [1.29, 1.82) is 0 Å². The number of nitrogens with one attached hydrogen (secondary N) is 2. The van der Waals surface area contributed by atoms with Crippen LogP contribution in [0.2, 0.25) is 0 Å². The third kappa shape index (κ3) is 5.42. The van der Waals surface area contributed by atoms with E-state index in [2.05, 4.69) is 15.0 Å². The number of carbonyl (C=O) groups excluding carboxylic acids is 2. The Morgan fingerprint density at radius 3 is 2.53 bits per heavy atom. The fraction of sp³-hybridized carbons (Fsp3) is 0.370. The van der Waals surface area contributed by atoms with E-state index in [4.69, 9.17) is 0 Å². The molecule has 0 bridgehead atoms. The molecule has 2 heterocycles. The van der Waals surface area contributed by atoms with Gasteiger partial charge < -0.3 is 10.2 Å². The normalized spacial score (nSPS) is 18.2. The van der Waals surface area contributed by atoms with E-state index in [9.17, 15) is 18.0 Å². The van der Waals surface area contributed by atoms with Gasteiger partial charge in [-0.05, 0) is 49.4 Å². The number of aryl methyl sites for hydroxylation is 1. The number of hydrogen-bond acceptors (Lipinski definition) is 5. The standard InChI is InChI=1S/C27H32N4O4S/c1-4-8-25(32)31-16-14-22(19(3)17-31)30-36(34,35)24-13-12-23(20-10-5-6-11-21(20)24)29-27(33)26-18(2)9-7-15-28-26/h5-7,9-13,15,19,22,30H,4,8,14,16-17H2,1-3H3,(H,29,33)/t19-,22+/m0/s1. The van der Waals surface area contributed by atoms with Gasteiger partial charge in [0.15, 0.2) is 0 Å². The second-order valence-electron chi connectivity index (χ2n) is 9.36. The van der Waals surface area contributed by atoms with Crippen LogP contribution < -0.4 is 10.0 Å². The van der Waals surface area contributed by atoms with Crippen LogP contribution in [0.25, 0.3) is 10.8 Å². The van der Waals surface area contributed by atoms with E-state index in [-0.39, 0.29) is 28.7 Å². The Bertz CT molecular complexity index is 1390. The number of anilines is 1. The topological polar surface area (TPSA) is 108 Å². The first-order chi connectivity index (χ1) is 17.2. The van der Waals surface area contributed by atoms with E-state index in [1.54, 1.807) is 42.6 Å². The Morgan fingerprint density at radius 1 is 1.08 bits per heavy atom. The first-order valence-electron chi connectivity index (χ1n) is 12.3. The number of benzene rings is 2.